The molecule has 2 aromatic rings. The smallest absolute Gasteiger partial charge is 0.191 e. The standard InChI is InChI=1S/C17H23N3S/c1-4-18-17(20-12-16-14(3)8-9-21-16)19-11-15-7-5-6-13(2)10-15/h5-10H,4,11-12H2,1-3H3,(H2,18,19,20). The van der Waals surface area contributed by atoms with E-state index in [0.717, 1.165) is 19.0 Å². The van der Waals surface area contributed by atoms with Crippen molar-refractivity contribution in [1.82, 2.24) is 10.6 Å². The Kier molecular flexibility index (Phi) is 5.81. The van der Waals surface area contributed by atoms with Crippen LogP contribution in [0, 0.1) is 13.8 Å². The third-order valence-corrected chi connectivity index (χ3v) is 4.25. The molecule has 2 rings (SSSR count). The van der Waals surface area contributed by atoms with Gasteiger partial charge in [-0.2, -0.15) is 0 Å². The van der Waals surface area contributed by atoms with Gasteiger partial charge in [0.15, 0.2) is 5.96 Å². The number of hydrogen-bond acceptors (Lipinski definition) is 2. The third-order valence-electron chi connectivity index (χ3n) is 3.23. The van der Waals surface area contributed by atoms with Gasteiger partial charge in [-0.15, -0.1) is 11.3 Å². The average Bonchev–Trinajstić information content (AvgIpc) is 2.87. The van der Waals surface area contributed by atoms with Crippen LogP contribution in [0.1, 0.15) is 28.5 Å². The van der Waals surface area contributed by atoms with E-state index < -0.39 is 0 Å². The van der Waals surface area contributed by atoms with Crippen molar-refractivity contribution in [2.45, 2.75) is 33.9 Å². The Balaban J connectivity index is 1.97. The van der Waals surface area contributed by atoms with Gasteiger partial charge in [0.1, 0.15) is 0 Å². The molecule has 1 aromatic carbocycles. The SMILES string of the molecule is CCNC(=NCc1cccc(C)c1)NCc1sccc1C. The van der Waals surface area contributed by atoms with Crippen molar-refractivity contribution in [3.05, 3.63) is 57.3 Å². The second kappa shape index (κ2) is 7.84. The van der Waals surface area contributed by atoms with Crippen molar-refractivity contribution < 1.29 is 0 Å². The molecule has 21 heavy (non-hydrogen) atoms. The minimum absolute atomic E-state index is 0.695. The summed E-state index contributed by atoms with van der Waals surface area (Å²) >= 11 is 1.78. The number of nitrogens with zero attached hydrogens (tertiary/aromatic N) is 1. The fraction of sp³-hybridized carbons (Fsp3) is 0.353. The van der Waals surface area contributed by atoms with E-state index in [9.17, 15) is 0 Å². The molecule has 0 radical (unpaired) electrons. The Morgan fingerprint density at radius 1 is 1.19 bits per heavy atom. The van der Waals surface area contributed by atoms with Crippen LogP contribution < -0.4 is 10.6 Å². The molecule has 0 saturated carbocycles. The molecule has 4 heteroatoms. The summed E-state index contributed by atoms with van der Waals surface area (Å²) in [5, 5.41) is 8.82. The van der Waals surface area contributed by atoms with E-state index in [-0.39, 0.29) is 0 Å². The van der Waals surface area contributed by atoms with E-state index in [0.29, 0.717) is 6.54 Å². The lowest BCUT2D eigenvalue weighted by atomic mass is 10.1. The van der Waals surface area contributed by atoms with E-state index >= 15 is 0 Å². The number of thiophene rings is 1. The second-order valence-electron chi connectivity index (χ2n) is 5.06. The lowest BCUT2D eigenvalue weighted by Gasteiger charge is -2.11. The van der Waals surface area contributed by atoms with E-state index in [2.05, 4.69) is 72.1 Å². The normalized spacial score (nSPS) is 11.5. The van der Waals surface area contributed by atoms with Gasteiger partial charge in [-0.05, 0) is 43.3 Å². The van der Waals surface area contributed by atoms with Gasteiger partial charge in [0.05, 0.1) is 13.1 Å². The van der Waals surface area contributed by atoms with E-state index in [1.165, 1.54) is 21.6 Å². The van der Waals surface area contributed by atoms with Crippen molar-refractivity contribution in [3.8, 4) is 0 Å². The summed E-state index contributed by atoms with van der Waals surface area (Å²) < 4.78 is 0. The number of nitrogens with one attached hydrogen (secondary N) is 2. The molecular formula is C17H23N3S. The first-order chi connectivity index (χ1) is 10.2. The van der Waals surface area contributed by atoms with Crippen LogP contribution in [0.5, 0.6) is 0 Å². The fourth-order valence-corrected chi connectivity index (χ4v) is 2.92. The van der Waals surface area contributed by atoms with Crippen LogP contribution in [-0.2, 0) is 13.1 Å². The molecule has 0 atom stereocenters. The molecule has 0 bridgehead atoms. The van der Waals surface area contributed by atoms with Crippen LogP contribution in [0.25, 0.3) is 0 Å². The number of guanidine groups is 1. The van der Waals surface area contributed by atoms with Crippen LogP contribution in [0.2, 0.25) is 0 Å². The van der Waals surface area contributed by atoms with Crippen molar-refractivity contribution in [2.24, 2.45) is 4.99 Å². The molecule has 0 aliphatic heterocycles. The number of benzene rings is 1. The van der Waals surface area contributed by atoms with Gasteiger partial charge in [0.25, 0.3) is 0 Å². The molecule has 112 valence electrons. The third kappa shape index (κ3) is 4.90. The zero-order chi connectivity index (χ0) is 15.1. The first-order valence-corrected chi connectivity index (χ1v) is 8.17. The topological polar surface area (TPSA) is 36.4 Å². The summed E-state index contributed by atoms with van der Waals surface area (Å²) in [6, 6.07) is 10.6. The highest BCUT2D eigenvalue weighted by molar-refractivity contribution is 7.10. The molecule has 0 spiro atoms. The van der Waals surface area contributed by atoms with Crippen LogP contribution in [0.3, 0.4) is 0 Å². The minimum atomic E-state index is 0.695. The van der Waals surface area contributed by atoms with Crippen LogP contribution in [-0.4, -0.2) is 12.5 Å². The summed E-state index contributed by atoms with van der Waals surface area (Å²) in [5.74, 6) is 0.867. The minimum Gasteiger partial charge on any atom is -0.357 e. The van der Waals surface area contributed by atoms with Gasteiger partial charge in [-0.1, -0.05) is 29.8 Å². The number of aryl methyl sites for hydroxylation is 2. The quantitative estimate of drug-likeness (QED) is 0.653. The van der Waals surface area contributed by atoms with Gasteiger partial charge >= 0.3 is 0 Å². The number of rotatable bonds is 5. The molecule has 2 N–H and O–H groups in total. The van der Waals surface area contributed by atoms with Gasteiger partial charge in [0.2, 0.25) is 0 Å². The van der Waals surface area contributed by atoms with Crippen molar-refractivity contribution in [2.75, 3.05) is 6.54 Å². The van der Waals surface area contributed by atoms with Gasteiger partial charge in [-0.25, -0.2) is 4.99 Å². The predicted molar refractivity (Wildman–Crippen MR) is 91.9 cm³/mol. The Labute approximate surface area is 131 Å². The zero-order valence-electron chi connectivity index (χ0n) is 12.9. The van der Waals surface area contributed by atoms with Gasteiger partial charge in [0, 0.05) is 11.4 Å². The lowest BCUT2D eigenvalue weighted by Crippen LogP contribution is -2.36. The van der Waals surface area contributed by atoms with Crippen molar-refractivity contribution in [3.63, 3.8) is 0 Å². The maximum Gasteiger partial charge on any atom is 0.191 e. The summed E-state index contributed by atoms with van der Waals surface area (Å²) in [6.07, 6.45) is 0. The van der Waals surface area contributed by atoms with Crippen molar-refractivity contribution >= 4 is 17.3 Å². The molecule has 0 aliphatic rings. The largest absolute Gasteiger partial charge is 0.357 e. The molecule has 0 saturated heterocycles. The van der Waals surface area contributed by atoms with Crippen molar-refractivity contribution in [1.29, 1.82) is 0 Å². The summed E-state index contributed by atoms with van der Waals surface area (Å²) in [7, 11) is 0. The molecule has 0 amide bonds. The Bertz CT molecular complexity index is 602. The first-order valence-electron chi connectivity index (χ1n) is 7.29. The lowest BCUT2D eigenvalue weighted by molar-refractivity contribution is 0.821. The van der Waals surface area contributed by atoms with E-state index in [1.807, 2.05) is 0 Å². The monoisotopic (exact) mass is 301 g/mol. The Morgan fingerprint density at radius 2 is 2.05 bits per heavy atom. The number of hydrogen-bond donors (Lipinski definition) is 2. The first kappa shape index (κ1) is 15.6. The maximum atomic E-state index is 4.65. The molecule has 1 heterocycles. The highest BCUT2D eigenvalue weighted by atomic mass is 32.1. The molecule has 0 aliphatic carbocycles. The molecule has 3 nitrogen and oxygen atoms in total. The fourth-order valence-electron chi connectivity index (χ4n) is 2.07. The summed E-state index contributed by atoms with van der Waals surface area (Å²) in [4.78, 5) is 6.01. The molecule has 1 aromatic heterocycles. The summed E-state index contributed by atoms with van der Waals surface area (Å²) in [5.41, 5.74) is 3.84. The predicted octanol–water partition coefficient (Wildman–Crippen LogP) is 3.62. The van der Waals surface area contributed by atoms with Gasteiger partial charge < -0.3 is 10.6 Å². The zero-order valence-corrected chi connectivity index (χ0v) is 13.8. The molecular weight excluding hydrogens is 278 g/mol. The Morgan fingerprint density at radius 3 is 2.71 bits per heavy atom. The Hall–Kier alpha value is -1.81. The van der Waals surface area contributed by atoms with Crippen LogP contribution >= 0.6 is 11.3 Å². The highest BCUT2D eigenvalue weighted by Gasteiger charge is 2.02. The van der Waals surface area contributed by atoms with E-state index in [4.69, 9.17) is 0 Å². The van der Waals surface area contributed by atoms with Crippen LogP contribution in [0.15, 0.2) is 40.7 Å². The summed E-state index contributed by atoms with van der Waals surface area (Å²) in [6.45, 7) is 8.72. The molecule has 0 fully saturated rings. The number of aliphatic imine (C=N–C) groups is 1. The second-order valence-corrected chi connectivity index (χ2v) is 6.07. The average molecular weight is 301 g/mol. The van der Waals surface area contributed by atoms with E-state index in [1.54, 1.807) is 11.3 Å². The van der Waals surface area contributed by atoms with Gasteiger partial charge in [-0.3, -0.25) is 0 Å². The molecule has 0 unspecified atom stereocenters. The highest BCUT2D eigenvalue weighted by Crippen LogP contribution is 2.14. The van der Waals surface area contributed by atoms with Crippen LogP contribution in [0.4, 0.5) is 0 Å². The maximum absolute atomic E-state index is 4.65.